The zero-order chi connectivity index (χ0) is 5.86. The molecule has 0 bridgehead atoms. The number of rotatable bonds is 1. The van der Waals surface area contributed by atoms with E-state index < -0.39 is 16.9 Å². The number of hydrogen-bond donors (Lipinski definition) is 1. The van der Waals surface area contributed by atoms with Crippen molar-refractivity contribution in [3.63, 3.8) is 0 Å². The van der Waals surface area contributed by atoms with Gasteiger partial charge >= 0.3 is 16.9 Å². The van der Waals surface area contributed by atoms with Gasteiger partial charge in [0.05, 0.1) is 4.20 Å². The summed E-state index contributed by atoms with van der Waals surface area (Å²) in [5, 5.41) is 0. The Kier molecular flexibility index (Phi) is 3.44. The molecule has 0 spiro atoms. The smallest absolute Gasteiger partial charge is 0.157 e. The van der Waals surface area contributed by atoms with Crippen LogP contribution in [0.4, 0.5) is 12.6 Å². The highest BCUT2D eigenvalue weighted by atomic mass is 31.2. The zero-order valence-corrected chi connectivity index (χ0v) is 4.84. The minimum atomic E-state index is -3.49. The lowest BCUT2D eigenvalue weighted by molar-refractivity contribution is 0.747. The summed E-state index contributed by atoms with van der Waals surface area (Å²) in [6.07, 6.45) is 0. The van der Waals surface area contributed by atoms with E-state index in [1.54, 1.807) is 0 Å². The normalized spacial score (nSPS) is 13.0. The number of hydrogen-bond acceptors (Lipinski definition) is 1. The van der Waals surface area contributed by atoms with E-state index in [4.69, 9.17) is 0 Å². The lowest BCUT2D eigenvalue weighted by atomic mass is 13.9. The van der Waals surface area contributed by atoms with Gasteiger partial charge in [-0.25, -0.2) is 0 Å². The summed E-state index contributed by atoms with van der Waals surface area (Å²) in [6, 6.07) is 0. The molecule has 0 aliphatic carbocycles. The van der Waals surface area contributed by atoms with E-state index >= 15 is 0 Å². The SMILES string of the molecule is N[P+](F)=NP(F)F. The van der Waals surface area contributed by atoms with E-state index in [0.29, 0.717) is 0 Å². The first-order chi connectivity index (χ1) is 3.13. The van der Waals surface area contributed by atoms with Gasteiger partial charge in [0, 0.05) is 4.52 Å². The quantitative estimate of drug-likeness (QED) is 0.571. The Balaban J connectivity index is 3.45. The molecule has 0 amide bonds. The molecule has 0 saturated carbocycles. The van der Waals surface area contributed by atoms with Gasteiger partial charge in [0.1, 0.15) is 0 Å². The van der Waals surface area contributed by atoms with Gasteiger partial charge in [0.25, 0.3) is 0 Å². The average Bonchev–Trinajstić information content (AvgIpc) is 1.27. The molecule has 42 valence electrons. The maximum atomic E-state index is 11.2. The van der Waals surface area contributed by atoms with Crippen LogP contribution in [-0.2, 0) is 0 Å². The minimum Gasteiger partial charge on any atom is -0.157 e. The summed E-state index contributed by atoms with van der Waals surface area (Å²) in [7, 11) is -6.22. The van der Waals surface area contributed by atoms with Gasteiger partial charge in [0.2, 0.25) is 0 Å². The molecule has 0 heterocycles. The van der Waals surface area contributed by atoms with Crippen LogP contribution in [0.2, 0.25) is 0 Å². The summed E-state index contributed by atoms with van der Waals surface area (Å²) in [5.41, 5.74) is 4.26. The Hall–Kier alpha value is 0.280. The Labute approximate surface area is 40.6 Å². The van der Waals surface area contributed by atoms with Crippen LogP contribution in [0.3, 0.4) is 0 Å². The molecule has 0 radical (unpaired) electrons. The van der Waals surface area contributed by atoms with Crippen molar-refractivity contribution in [3.8, 4) is 0 Å². The first-order valence-corrected chi connectivity index (χ1v) is 3.50. The van der Waals surface area contributed by atoms with Crippen molar-refractivity contribution in [2.75, 3.05) is 0 Å². The second kappa shape index (κ2) is 3.30. The summed E-state index contributed by atoms with van der Waals surface area (Å²) < 4.78 is 35.1. The Morgan fingerprint density at radius 2 is 2.00 bits per heavy atom. The second-order valence-corrected chi connectivity index (χ2v) is 2.32. The van der Waals surface area contributed by atoms with Crippen LogP contribution >= 0.6 is 16.9 Å². The van der Waals surface area contributed by atoms with Crippen LogP contribution in [0.1, 0.15) is 0 Å². The highest BCUT2D eigenvalue weighted by molar-refractivity contribution is 7.54. The van der Waals surface area contributed by atoms with Gasteiger partial charge in [-0.05, 0) is 0 Å². The molecule has 0 aromatic rings. The fourth-order valence-electron chi connectivity index (χ4n) is 0.0646. The molecule has 2 nitrogen and oxygen atoms in total. The predicted octanol–water partition coefficient (Wildman–Crippen LogP) is 2.58. The van der Waals surface area contributed by atoms with Gasteiger partial charge in [-0.3, -0.25) is 0 Å². The van der Waals surface area contributed by atoms with Crippen molar-refractivity contribution in [2.45, 2.75) is 0 Å². The van der Waals surface area contributed by atoms with Gasteiger partial charge < -0.3 is 0 Å². The Morgan fingerprint density at radius 1 is 1.57 bits per heavy atom. The topological polar surface area (TPSA) is 38.4 Å². The third-order valence-corrected chi connectivity index (χ3v) is 1.38. The standard InChI is InChI=1S/F3H2N2P2/c1-6(2)5-7(3)4/h(H2,4,5)/q+1. The predicted molar refractivity (Wildman–Crippen MR) is 23.8 cm³/mol. The summed E-state index contributed by atoms with van der Waals surface area (Å²) in [5.74, 6) is 0. The first kappa shape index (κ1) is 7.28. The molecule has 0 aliphatic rings. The molecule has 7 heavy (non-hydrogen) atoms. The third kappa shape index (κ3) is 6.28. The monoisotopic (exact) mass is 149 g/mol. The van der Waals surface area contributed by atoms with E-state index in [1.807, 2.05) is 0 Å². The highest BCUT2D eigenvalue weighted by Crippen LogP contribution is 2.45. The van der Waals surface area contributed by atoms with Crippen LogP contribution in [0.15, 0.2) is 4.52 Å². The van der Waals surface area contributed by atoms with Gasteiger partial charge in [-0.15, -0.1) is 5.50 Å². The molecule has 1 atom stereocenters. The number of nitrogens with two attached hydrogens (primary N) is 1. The number of halogens is 3. The van der Waals surface area contributed by atoms with Crippen LogP contribution in [0, 0.1) is 0 Å². The van der Waals surface area contributed by atoms with Crippen LogP contribution in [0.25, 0.3) is 0 Å². The highest BCUT2D eigenvalue weighted by Gasteiger charge is 2.11. The second-order valence-electron chi connectivity index (χ2n) is 0.593. The van der Waals surface area contributed by atoms with Gasteiger partial charge in [-0.2, -0.15) is 8.39 Å². The van der Waals surface area contributed by atoms with Gasteiger partial charge in [-0.1, -0.05) is 0 Å². The van der Waals surface area contributed by atoms with E-state index in [2.05, 4.69) is 10.0 Å². The fraction of sp³-hybridized carbons (Fsp3) is 0. The van der Waals surface area contributed by atoms with Gasteiger partial charge in [0.15, 0.2) is 0 Å². The van der Waals surface area contributed by atoms with Crippen molar-refractivity contribution in [1.82, 2.24) is 0 Å². The largest absolute Gasteiger partial charge is 0.532 e. The van der Waals surface area contributed by atoms with Crippen molar-refractivity contribution < 1.29 is 12.6 Å². The molecule has 7 heteroatoms. The minimum absolute atomic E-state index is 2.19. The molecular formula is H2F3N2P2+. The molecule has 0 aromatic heterocycles. The Bertz CT molecular complexity index is 75.0. The molecule has 0 saturated heterocycles. The van der Waals surface area contributed by atoms with Crippen LogP contribution in [-0.4, -0.2) is 0 Å². The lowest BCUT2D eigenvalue weighted by Crippen LogP contribution is -1.64. The van der Waals surface area contributed by atoms with Crippen molar-refractivity contribution >= 4 is 16.9 Å². The van der Waals surface area contributed by atoms with Crippen molar-refractivity contribution in [1.29, 1.82) is 0 Å². The van der Waals surface area contributed by atoms with Crippen LogP contribution in [0.5, 0.6) is 0 Å². The van der Waals surface area contributed by atoms with E-state index in [9.17, 15) is 12.6 Å². The fourth-order valence-corrected chi connectivity index (χ4v) is 0.581. The molecule has 0 aromatic carbocycles. The molecular weight excluding hydrogens is 147 g/mol. The lowest BCUT2D eigenvalue weighted by Gasteiger charge is -1.68. The molecule has 0 fully saturated rings. The molecule has 0 aliphatic heterocycles. The van der Waals surface area contributed by atoms with Crippen molar-refractivity contribution in [2.24, 2.45) is 10.0 Å². The molecule has 1 unspecified atom stereocenters. The molecule has 2 N–H and O–H groups in total. The molecule has 0 rings (SSSR count). The third-order valence-electron chi connectivity index (χ3n) is 0.153. The summed E-state index contributed by atoms with van der Waals surface area (Å²) in [6.45, 7) is 0. The average molecular weight is 149 g/mol. The summed E-state index contributed by atoms with van der Waals surface area (Å²) >= 11 is 0. The van der Waals surface area contributed by atoms with Crippen LogP contribution < -0.4 is 5.50 Å². The maximum Gasteiger partial charge on any atom is 0.532 e. The van der Waals surface area contributed by atoms with Crippen molar-refractivity contribution in [3.05, 3.63) is 0 Å². The summed E-state index contributed by atoms with van der Waals surface area (Å²) in [4.78, 5) is 0. The van der Waals surface area contributed by atoms with E-state index in [1.165, 1.54) is 0 Å². The maximum absolute atomic E-state index is 11.2. The number of nitrogens with zero attached hydrogens (tertiary/aromatic N) is 1. The van der Waals surface area contributed by atoms with E-state index in [-0.39, 0.29) is 0 Å². The van der Waals surface area contributed by atoms with E-state index in [0.717, 1.165) is 0 Å². The first-order valence-electron chi connectivity index (χ1n) is 1.17. The Morgan fingerprint density at radius 3 is 2.00 bits per heavy atom. The zero-order valence-electron chi connectivity index (χ0n) is 3.05.